The molecule has 0 bridgehead atoms. The highest BCUT2D eigenvalue weighted by molar-refractivity contribution is 4.85. The van der Waals surface area contributed by atoms with Gasteiger partial charge in [0, 0.05) is 19.7 Å². The van der Waals surface area contributed by atoms with Crippen molar-refractivity contribution in [3.05, 3.63) is 0 Å². The average molecular weight is 240 g/mol. The maximum atomic E-state index is 5.64. The SMILES string of the molecule is COC1(C)CCCN(CCC2CCCCN2)C1. The molecule has 2 unspecified atom stereocenters. The third-order valence-electron chi connectivity index (χ3n) is 4.44. The van der Waals surface area contributed by atoms with Crippen molar-refractivity contribution < 1.29 is 4.74 Å². The number of nitrogens with zero attached hydrogens (tertiary/aromatic N) is 1. The Hall–Kier alpha value is -0.120. The van der Waals surface area contributed by atoms with E-state index in [4.69, 9.17) is 4.74 Å². The molecule has 2 aliphatic rings. The van der Waals surface area contributed by atoms with Gasteiger partial charge in [-0.15, -0.1) is 0 Å². The van der Waals surface area contributed by atoms with Crippen LogP contribution in [0.3, 0.4) is 0 Å². The molecule has 100 valence electrons. The predicted octanol–water partition coefficient (Wildman–Crippen LogP) is 2.02. The molecule has 3 nitrogen and oxygen atoms in total. The fraction of sp³-hybridized carbons (Fsp3) is 1.00. The minimum absolute atomic E-state index is 0.0955. The van der Waals surface area contributed by atoms with E-state index in [0.717, 1.165) is 12.6 Å². The van der Waals surface area contributed by atoms with Crippen molar-refractivity contribution >= 4 is 0 Å². The van der Waals surface area contributed by atoms with Gasteiger partial charge in [0.25, 0.3) is 0 Å². The molecule has 2 fully saturated rings. The molecule has 0 aromatic carbocycles. The molecule has 0 amide bonds. The van der Waals surface area contributed by atoms with Gasteiger partial charge < -0.3 is 15.0 Å². The van der Waals surface area contributed by atoms with Crippen LogP contribution < -0.4 is 5.32 Å². The van der Waals surface area contributed by atoms with Crippen LogP contribution in [0, 0.1) is 0 Å². The second kappa shape index (κ2) is 6.17. The van der Waals surface area contributed by atoms with E-state index in [1.54, 1.807) is 0 Å². The van der Waals surface area contributed by atoms with E-state index in [0.29, 0.717) is 0 Å². The van der Waals surface area contributed by atoms with Gasteiger partial charge in [-0.25, -0.2) is 0 Å². The molecule has 2 heterocycles. The van der Waals surface area contributed by atoms with Crippen molar-refractivity contribution in [2.45, 2.75) is 57.1 Å². The Balaban J connectivity index is 1.71. The lowest BCUT2D eigenvalue weighted by Gasteiger charge is -2.40. The summed E-state index contributed by atoms with van der Waals surface area (Å²) in [5.41, 5.74) is 0.0955. The first-order chi connectivity index (χ1) is 8.22. The van der Waals surface area contributed by atoms with Crippen molar-refractivity contribution in [1.82, 2.24) is 10.2 Å². The Bertz CT molecular complexity index is 228. The first kappa shape index (κ1) is 13.3. The van der Waals surface area contributed by atoms with E-state index in [1.165, 1.54) is 58.2 Å². The first-order valence-electron chi connectivity index (χ1n) is 7.23. The number of methoxy groups -OCH3 is 1. The van der Waals surface area contributed by atoms with Gasteiger partial charge in [0.05, 0.1) is 5.60 Å². The minimum atomic E-state index is 0.0955. The Kier molecular flexibility index (Phi) is 4.83. The molecule has 0 radical (unpaired) electrons. The van der Waals surface area contributed by atoms with E-state index in [1.807, 2.05) is 7.11 Å². The summed E-state index contributed by atoms with van der Waals surface area (Å²) in [4.78, 5) is 2.59. The predicted molar refractivity (Wildman–Crippen MR) is 71.3 cm³/mol. The molecule has 2 aliphatic heterocycles. The normalized spacial score (nSPS) is 36.0. The molecule has 2 saturated heterocycles. The van der Waals surface area contributed by atoms with Crippen LogP contribution >= 0.6 is 0 Å². The third kappa shape index (κ3) is 3.94. The van der Waals surface area contributed by atoms with Crippen LogP contribution in [-0.4, -0.2) is 49.8 Å². The van der Waals surface area contributed by atoms with Crippen LogP contribution in [0.5, 0.6) is 0 Å². The van der Waals surface area contributed by atoms with E-state index in [9.17, 15) is 0 Å². The molecule has 3 heteroatoms. The van der Waals surface area contributed by atoms with E-state index in [2.05, 4.69) is 17.1 Å². The number of piperidine rings is 2. The maximum absolute atomic E-state index is 5.64. The third-order valence-corrected chi connectivity index (χ3v) is 4.44. The highest BCUT2D eigenvalue weighted by Crippen LogP contribution is 2.24. The van der Waals surface area contributed by atoms with Crippen LogP contribution in [0.1, 0.15) is 45.4 Å². The first-order valence-corrected chi connectivity index (χ1v) is 7.23. The van der Waals surface area contributed by atoms with Gasteiger partial charge in [-0.2, -0.15) is 0 Å². The molecular weight excluding hydrogens is 212 g/mol. The minimum Gasteiger partial charge on any atom is -0.377 e. The smallest absolute Gasteiger partial charge is 0.0777 e. The van der Waals surface area contributed by atoms with Crippen molar-refractivity contribution in [3.63, 3.8) is 0 Å². The highest BCUT2D eigenvalue weighted by Gasteiger charge is 2.30. The summed E-state index contributed by atoms with van der Waals surface area (Å²) in [5.74, 6) is 0. The Morgan fingerprint density at radius 1 is 1.35 bits per heavy atom. The molecule has 17 heavy (non-hydrogen) atoms. The van der Waals surface area contributed by atoms with Gasteiger partial charge in [-0.05, 0) is 58.7 Å². The number of hydrogen-bond donors (Lipinski definition) is 1. The average Bonchev–Trinajstić information content (AvgIpc) is 2.38. The highest BCUT2D eigenvalue weighted by atomic mass is 16.5. The maximum Gasteiger partial charge on any atom is 0.0777 e. The van der Waals surface area contributed by atoms with Crippen LogP contribution in [0.15, 0.2) is 0 Å². The molecule has 0 aromatic rings. The van der Waals surface area contributed by atoms with Crippen LogP contribution in [0.25, 0.3) is 0 Å². The molecule has 2 atom stereocenters. The zero-order valence-corrected chi connectivity index (χ0v) is 11.5. The second-order valence-electron chi connectivity index (χ2n) is 5.97. The van der Waals surface area contributed by atoms with Crippen molar-refractivity contribution in [2.75, 3.05) is 33.3 Å². The molecular formula is C14H28N2O. The lowest BCUT2D eigenvalue weighted by Crippen LogP contribution is -2.48. The standard InChI is InChI=1S/C14H28N2O/c1-14(17-2)8-5-10-16(12-14)11-7-13-6-3-4-9-15-13/h13,15H,3-12H2,1-2H3. The molecule has 0 aliphatic carbocycles. The van der Waals surface area contributed by atoms with Crippen molar-refractivity contribution in [1.29, 1.82) is 0 Å². The zero-order valence-electron chi connectivity index (χ0n) is 11.5. The van der Waals surface area contributed by atoms with Gasteiger partial charge in [0.15, 0.2) is 0 Å². The number of likely N-dealkylation sites (tertiary alicyclic amines) is 1. The number of ether oxygens (including phenoxy) is 1. The van der Waals surface area contributed by atoms with E-state index < -0.39 is 0 Å². The lowest BCUT2D eigenvalue weighted by molar-refractivity contribution is -0.0513. The number of nitrogens with one attached hydrogen (secondary N) is 1. The summed E-state index contributed by atoms with van der Waals surface area (Å²) in [7, 11) is 1.85. The fourth-order valence-corrected chi connectivity index (χ4v) is 3.17. The summed E-state index contributed by atoms with van der Waals surface area (Å²) >= 11 is 0. The summed E-state index contributed by atoms with van der Waals surface area (Å²) in [6.07, 6.45) is 7.94. The van der Waals surface area contributed by atoms with Gasteiger partial charge in [-0.3, -0.25) is 0 Å². The Morgan fingerprint density at radius 2 is 2.24 bits per heavy atom. The Labute approximate surface area is 106 Å². The largest absolute Gasteiger partial charge is 0.377 e. The van der Waals surface area contributed by atoms with Crippen molar-refractivity contribution in [2.24, 2.45) is 0 Å². The quantitative estimate of drug-likeness (QED) is 0.813. The Morgan fingerprint density at radius 3 is 2.94 bits per heavy atom. The topological polar surface area (TPSA) is 24.5 Å². The molecule has 0 spiro atoms. The summed E-state index contributed by atoms with van der Waals surface area (Å²) < 4.78 is 5.64. The number of rotatable bonds is 4. The second-order valence-corrected chi connectivity index (χ2v) is 5.97. The van der Waals surface area contributed by atoms with E-state index in [-0.39, 0.29) is 5.60 Å². The van der Waals surface area contributed by atoms with Crippen LogP contribution in [0.4, 0.5) is 0 Å². The van der Waals surface area contributed by atoms with E-state index >= 15 is 0 Å². The van der Waals surface area contributed by atoms with Crippen molar-refractivity contribution in [3.8, 4) is 0 Å². The van der Waals surface area contributed by atoms with Gasteiger partial charge >= 0.3 is 0 Å². The van der Waals surface area contributed by atoms with Gasteiger partial charge in [0.2, 0.25) is 0 Å². The number of hydrogen-bond acceptors (Lipinski definition) is 3. The molecule has 0 saturated carbocycles. The summed E-state index contributed by atoms with van der Waals surface area (Å²) in [6.45, 7) is 7.07. The fourth-order valence-electron chi connectivity index (χ4n) is 3.17. The molecule has 2 rings (SSSR count). The van der Waals surface area contributed by atoms with Gasteiger partial charge in [-0.1, -0.05) is 6.42 Å². The summed E-state index contributed by atoms with van der Waals surface area (Å²) in [5, 5.41) is 3.64. The van der Waals surface area contributed by atoms with Gasteiger partial charge in [0.1, 0.15) is 0 Å². The molecule has 0 aromatic heterocycles. The van der Waals surface area contributed by atoms with Crippen LogP contribution in [0.2, 0.25) is 0 Å². The molecule has 1 N–H and O–H groups in total. The zero-order chi connectivity index (χ0) is 12.1. The monoisotopic (exact) mass is 240 g/mol. The summed E-state index contributed by atoms with van der Waals surface area (Å²) in [6, 6.07) is 0.763. The van der Waals surface area contributed by atoms with Crippen LogP contribution in [-0.2, 0) is 4.74 Å². The lowest BCUT2D eigenvalue weighted by atomic mass is 9.94.